The van der Waals surface area contributed by atoms with E-state index in [0.717, 1.165) is 40.7 Å². The molecular weight excluding hydrogens is 457 g/mol. The van der Waals surface area contributed by atoms with Crippen molar-refractivity contribution in [3.05, 3.63) is 77.1 Å². The molecule has 1 aliphatic rings. The van der Waals surface area contributed by atoms with E-state index in [2.05, 4.69) is 51.0 Å². The Hall–Kier alpha value is -4.05. The van der Waals surface area contributed by atoms with E-state index in [1.54, 1.807) is 24.5 Å². The highest BCUT2D eigenvalue weighted by Gasteiger charge is 2.29. The first-order valence-electron chi connectivity index (χ1n) is 10.7. The molecule has 0 bridgehead atoms. The number of aromatic nitrogens is 7. The van der Waals surface area contributed by atoms with Crippen molar-refractivity contribution in [3.63, 3.8) is 0 Å². The van der Waals surface area contributed by atoms with Crippen LogP contribution in [-0.2, 0) is 6.42 Å². The summed E-state index contributed by atoms with van der Waals surface area (Å²) >= 11 is 5.84. The molecule has 0 spiro atoms. The van der Waals surface area contributed by atoms with E-state index < -0.39 is 5.82 Å². The van der Waals surface area contributed by atoms with E-state index in [1.807, 2.05) is 25.2 Å². The first kappa shape index (κ1) is 20.5. The van der Waals surface area contributed by atoms with Crippen molar-refractivity contribution < 1.29 is 4.39 Å². The quantitative estimate of drug-likeness (QED) is 0.392. The minimum Gasteiger partial charge on any atom is -0.360 e. The lowest BCUT2D eigenvalue weighted by Crippen LogP contribution is -2.33. The lowest BCUT2D eigenvalue weighted by molar-refractivity contribution is 0.583. The zero-order chi connectivity index (χ0) is 23.2. The molecule has 11 heteroatoms. The van der Waals surface area contributed by atoms with Gasteiger partial charge in [0.25, 0.3) is 0 Å². The van der Waals surface area contributed by atoms with Crippen molar-refractivity contribution in [2.45, 2.75) is 12.3 Å². The predicted molar refractivity (Wildman–Crippen MR) is 127 cm³/mol. The summed E-state index contributed by atoms with van der Waals surface area (Å²) in [6.07, 6.45) is 3.99. The molecule has 0 amide bonds. The molecule has 1 aromatic carbocycles. The largest absolute Gasteiger partial charge is 0.360 e. The van der Waals surface area contributed by atoms with E-state index in [1.165, 1.54) is 6.07 Å². The maximum absolute atomic E-state index is 14.0. The zero-order valence-electron chi connectivity index (χ0n) is 18.1. The second kappa shape index (κ2) is 8.07. The monoisotopic (exact) mass is 475 g/mol. The SMILES string of the molecule is CN1CC(Cc2ccc(Cl)c(F)c2)c2nnc3cc(-c4ccnc(Nc5ccn[nH]5)n4)cc1n23. The Morgan fingerprint density at radius 1 is 1.15 bits per heavy atom. The minimum atomic E-state index is -0.411. The normalized spacial score (nSPS) is 15.1. The third-order valence-corrected chi connectivity index (χ3v) is 6.23. The summed E-state index contributed by atoms with van der Waals surface area (Å²) in [5, 5.41) is 18.9. The van der Waals surface area contributed by atoms with Gasteiger partial charge < -0.3 is 10.2 Å². The Kier molecular flexibility index (Phi) is 4.88. The number of hydrogen-bond acceptors (Lipinski definition) is 7. The smallest absolute Gasteiger partial charge is 0.228 e. The number of aromatic amines is 1. The fraction of sp³-hybridized carbons (Fsp3) is 0.174. The van der Waals surface area contributed by atoms with Gasteiger partial charge in [0.05, 0.1) is 16.9 Å². The molecule has 170 valence electrons. The molecule has 9 nitrogen and oxygen atoms in total. The topological polar surface area (TPSA) is 99.9 Å². The number of H-pyrrole nitrogens is 1. The average Bonchev–Trinajstić information content (AvgIpc) is 3.50. The van der Waals surface area contributed by atoms with E-state index in [-0.39, 0.29) is 10.9 Å². The molecule has 34 heavy (non-hydrogen) atoms. The van der Waals surface area contributed by atoms with Gasteiger partial charge in [-0.3, -0.25) is 9.50 Å². The minimum absolute atomic E-state index is 0.0585. The van der Waals surface area contributed by atoms with Crippen molar-refractivity contribution in [1.82, 2.24) is 34.8 Å². The van der Waals surface area contributed by atoms with Crippen LogP contribution in [0.1, 0.15) is 17.3 Å². The zero-order valence-corrected chi connectivity index (χ0v) is 18.8. The summed E-state index contributed by atoms with van der Waals surface area (Å²) in [7, 11) is 2.03. The van der Waals surface area contributed by atoms with Gasteiger partial charge in [0.1, 0.15) is 23.3 Å². The van der Waals surface area contributed by atoms with Crippen LogP contribution in [-0.4, -0.2) is 48.4 Å². The number of benzene rings is 1. The maximum atomic E-state index is 14.0. The lowest BCUT2D eigenvalue weighted by atomic mass is 9.96. The van der Waals surface area contributed by atoms with Crippen LogP contribution in [0, 0.1) is 5.82 Å². The molecular formula is C23H19ClFN9. The Morgan fingerprint density at radius 3 is 2.88 bits per heavy atom. The van der Waals surface area contributed by atoms with Gasteiger partial charge in [-0.2, -0.15) is 5.10 Å². The van der Waals surface area contributed by atoms with Gasteiger partial charge in [-0.05, 0) is 42.3 Å². The highest BCUT2D eigenvalue weighted by Crippen LogP contribution is 2.34. The third-order valence-electron chi connectivity index (χ3n) is 5.93. The van der Waals surface area contributed by atoms with Gasteiger partial charge in [0, 0.05) is 37.3 Å². The van der Waals surface area contributed by atoms with Gasteiger partial charge in [-0.1, -0.05) is 17.7 Å². The van der Waals surface area contributed by atoms with Gasteiger partial charge in [0.15, 0.2) is 5.65 Å². The van der Waals surface area contributed by atoms with Crippen molar-refractivity contribution >= 4 is 34.8 Å². The highest BCUT2D eigenvalue weighted by molar-refractivity contribution is 6.30. The Morgan fingerprint density at radius 2 is 2.06 bits per heavy atom. The van der Waals surface area contributed by atoms with Crippen LogP contribution < -0.4 is 10.2 Å². The number of anilines is 3. The predicted octanol–water partition coefficient (Wildman–Crippen LogP) is 4.22. The number of rotatable bonds is 5. The number of likely N-dealkylation sites (N-methyl/N-ethyl adjacent to an activating group) is 1. The molecule has 5 heterocycles. The van der Waals surface area contributed by atoms with Gasteiger partial charge >= 0.3 is 0 Å². The van der Waals surface area contributed by atoms with Crippen molar-refractivity contribution in [2.75, 3.05) is 23.8 Å². The molecule has 0 aliphatic carbocycles. The van der Waals surface area contributed by atoms with Crippen LogP contribution in [0.2, 0.25) is 5.02 Å². The van der Waals surface area contributed by atoms with Crippen LogP contribution in [0.5, 0.6) is 0 Å². The van der Waals surface area contributed by atoms with E-state index >= 15 is 0 Å². The molecule has 0 radical (unpaired) electrons. The summed E-state index contributed by atoms with van der Waals surface area (Å²) in [5.74, 6) is 2.63. The first-order valence-corrected chi connectivity index (χ1v) is 11.1. The number of pyridine rings is 1. The molecule has 5 aromatic rings. The molecule has 6 rings (SSSR count). The van der Waals surface area contributed by atoms with Crippen LogP contribution in [0.25, 0.3) is 16.9 Å². The van der Waals surface area contributed by atoms with Gasteiger partial charge in [0.2, 0.25) is 5.95 Å². The van der Waals surface area contributed by atoms with Crippen molar-refractivity contribution in [3.8, 4) is 11.3 Å². The van der Waals surface area contributed by atoms with Crippen LogP contribution in [0.15, 0.2) is 54.9 Å². The van der Waals surface area contributed by atoms with Crippen LogP contribution >= 0.6 is 11.6 Å². The van der Waals surface area contributed by atoms with E-state index in [0.29, 0.717) is 18.2 Å². The molecule has 2 N–H and O–H groups in total. The summed E-state index contributed by atoms with van der Waals surface area (Å²) in [6, 6.07) is 12.6. The third kappa shape index (κ3) is 3.61. The van der Waals surface area contributed by atoms with Crippen molar-refractivity contribution in [2.24, 2.45) is 0 Å². The molecule has 1 atom stereocenters. The average molecular weight is 476 g/mol. The fourth-order valence-electron chi connectivity index (χ4n) is 4.35. The number of hydrogen-bond donors (Lipinski definition) is 2. The van der Waals surface area contributed by atoms with Gasteiger partial charge in [-0.15, -0.1) is 10.2 Å². The summed E-state index contributed by atoms with van der Waals surface area (Å²) in [5.41, 5.74) is 3.26. The number of halogens is 2. The second-order valence-corrected chi connectivity index (χ2v) is 8.65. The number of nitrogens with one attached hydrogen (secondary N) is 2. The Balaban J connectivity index is 1.35. The van der Waals surface area contributed by atoms with E-state index in [4.69, 9.17) is 11.6 Å². The van der Waals surface area contributed by atoms with Gasteiger partial charge in [-0.25, -0.2) is 14.4 Å². The summed E-state index contributed by atoms with van der Waals surface area (Å²) in [6.45, 7) is 0.720. The van der Waals surface area contributed by atoms with Crippen LogP contribution in [0.4, 0.5) is 22.0 Å². The Bertz CT molecular complexity index is 1500. The van der Waals surface area contributed by atoms with E-state index in [9.17, 15) is 4.39 Å². The number of nitrogens with zero attached hydrogens (tertiary/aromatic N) is 7. The molecule has 0 fully saturated rings. The Labute approximate surface area is 198 Å². The lowest BCUT2D eigenvalue weighted by Gasteiger charge is -2.31. The first-order chi connectivity index (χ1) is 16.5. The molecule has 1 aliphatic heterocycles. The summed E-state index contributed by atoms with van der Waals surface area (Å²) in [4.78, 5) is 11.1. The summed E-state index contributed by atoms with van der Waals surface area (Å²) < 4.78 is 16.0. The molecule has 1 unspecified atom stereocenters. The highest BCUT2D eigenvalue weighted by atomic mass is 35.5. The maximum Gasteiger partial charge on any atom is 0.228 e. The van der Waals surface area contributed by atoms with Crippen molar-refractivity contribution in [1.29, 1.82) is 0 Å². The fourth-order valence-corrected chi connectivity index (χ4v) is 4.47. The molecule has 0 saturated carbocycles. The standard InChI is InChI=1S/C23H19ClFN9/c1-33-12-15(8-13-2-3-16(24)17(25)9-13)22-32-31-20-10-14(11-21(33)34(20)22)18-4-6-26-23(28-18)29-19-5-7-27-30-19/h2-7,9-11,15H,8,12H2,1H3,(H2,26,27,28,29,30). The van der Waals surface area contributed by atoms with Crippen LogP contribution in [0.3, 0.4) is 0 Å². The second-order valence-electron chi connectivity index (χ2n) is 8.24. The molecule has 4 aromatic heterocycles. The molecule has 0 saturated heterocycles.